The van der Waals surface area contributed by atoms with Gasteiger partial charge in [0.25, 0.3) is 5.91 Å². The summed E-state index contributed by atoms with van der Waals surface area (Å²) in [4.78, 5) is 45.6. The number of fused-ring (bicyclic) bond motifs is 2. The number of halogens is 1. The summed E-state index contributed by atoms with van der Waals surface area (Å²) < 4.78 is 11.3. The minimum absolute atomic E-state index is 0.0557. The van der Waals surface area contributed by atoms with Gasteiger partial charge in [-0.2, -0.15) is 0 Å². The Labute approximate surface area is 197 Å². The van der Waals surface area contributed by atoms with E-state index in [4.69, 9.17) is 20.8 Å². The van der Waals surface area contributed by atoms with Gasteiger partial charge < -0.3 is 9.15 Å². The molecular formula is C24H17ClN2O5S. The number of ether oxygens (including phenoxy) is 1. The number of aromatic nitrogens is 1. The molecule has 0 fully saturated rings. The molecule has 1 unspecified atom stereocenters. The monoisotopic (exact) mass is 480 g/mol. The van der Waals surface area contributed by atoms with E-state index in [2.05, 4.69) is 4.98 Å². The van der Waals surface area contributed by atoms with Crippen LogP contribution in [0.1, 0.15) is 50.0 Å². The molecule has 2 aromatic carbocycles. The van der Waals surface area contributed by atoms with Gasteiger partial charge >= 0.3 is 0 Å². The summed E-state index contributed by atoms with van der Waals surface area (Å²) >= 11 is 7.23. The molecule has 0 radical (unpaired) electrons. The molecule has 4 aromatic rings. The van der Waals surface area contributed by atoms with Gasteiger partial charge in [-0.15, -0.1) is 0 Å². The molecule has 0 aliphatic carbocycles. The normalized spacial score (nSPS) is 15.2. The number of anilines is 1. The van der Waals surface area contributed by atoms with Crippen molar-refractivity contribution in [3.05, 3.63) is 85.2 Å². The largest absolute Gasteiger partial charge is 0.497 e. The molecule has 1 atom stereocenters. The van der Waals surface area contributed by atoms with E-state index in [0.29, 0.717) is 32.0 Å². The number of carbonyl (C=O) groups excluding carboxylic acids is 2. The molecule has 166 valence electrons. The maximum absolute atomic E-state index is 13.6. The van der Waals surface area contributed by atoms with Gasteiger partial charge in [0.1, 0.15) is 11.3 Å². The molecular weight excluding hydrogens is 464 g/mol. The summed E-state index contributed by atoms with van der Waals surface area (Å²) in [7, 11) is 1.54. The Balaban J connectivity index is 1.81. The van der Waals surface area contributed by atoms with Crippen LogP contribution in [0.15, 0.2) is 51.7 Å². The van der Waals surface area contributed by atoms with Crippen molar-refractivity contribution in [2.45, 2.75) is 19.9 Å². The number of Topliss-reactive ketones (excluding diaryl/α,β-unsaturated/α-hetero) is 1. The average Bonchev–Trinajstić information content (AvgIpc) is 3.32. The lowest BCUT2D eigenvalue weighted by molar-refractivity contribution is 0.0969. The summed E-state index contributed by atoms with van der Waals surface area (Å²) in [6, 6.07) is 11.0. The van der Waals surface area contributed by atoms with Crippen molar-refractivity contribution in [2.75, 3.05) is 12.0 Å². The lowest BCUT2D eigenvalue weighted by Crippen LogP contribution is -2.29. The van der Waals surface area contributed by atoms with Crippen LogP contribution < -0.4 is 15.1 Å². The van der Waals surface area contributed by atoms with Crippen LogP contribution in [0.3, 0.4) is 0 Å². The number of methoxy groups -OCH3 is 1. The van der Waals surface area contributed by atoms with E-state index >= 15 is 0 Å². The number of rotatable bonds is 4. The molecule has 0 N–H and O–H groups in total. The van der Waals surface area contributed by atoms with E-state index in [-0.39, 0.29) is 33.5 Å². The molecule has 0 saturated carbocycles. The number of hydrogen-bond acceptors (Lipinski definition) is 7. The standard InChI is InChI=1S/C24H17ClN2O5S/c1-11-22(12(2)28)33-24(26-11)27-19(13-5-4-6-15(9-13)31-3)18-20(29)16-10-14(25)7-8-17(16)32-21(18)23(27)30/h4-10,19H,1-3H3. The quantitative estimate of drug-likeness (QED) is 0.374. The fourth-order valence-corrected chi connectivity index (χ4v) is 5.24. The number of hydrogen-bond donors (Lipinski definition) is 0. The molecule has 0 spiro atoms. The van der Waals surface area contributed by atoms with Crippen molar-refractivity contribution >= 4 is 50.7 Å². The van der Waals surface area contributed by atoms with Crippen molar-refractivity contribution in [2.24, 2.45) is 0 Å². The molecule has 1 aliphatic rings. The van der Waals surface area contributed by atoms with Crippen molar-refractivity contribution in [3.63, 3.8) is 0 Å². The first kappa shape index (κ1) is 21.4. The highest BCUT2D eigenvalue weighted by atomic mass is 35.5. The zero-order chi connectivity index (χ0) is 23.4. The molecule has 3 heterocycles. The van der Waals surface area contributed by atoms with Crippen LogP contribution in [-0.4, -0.2) is 23.8 Å². The predicted molar refractivity (Wildman–Crippen MR) is 126 cm³/mol. The zero-order valence-electron chi connectivity index (χ0n) is 17.8. The highest BCUT2D eigenvalue weighted by molar-refractivity contribution is 7.17. The number of nitrogens with zero attached hydrogens (tertiary/aromatic N) is 2. The average molecular weight is 481 g/mol. The molecule has 9 heteroatoms. The van der Waals surface area contributed by atoms with Crippen molar-refractivity contribution in [1.82, 2.24) is 4.98 Å². The zero-order valence-corrected chi connectivity index (χ0v) is 19.4. The van der Waals surface area contributed by atoms with Gasteiger partial charge in [0.05, 0.1) is 34.7 Å². The third-order valence-corrected chi connectivity index (χ3v) is 7.05. The van der Waals surface area contributed by atoms with Gasteiger partial charge in [0.15, 0.2) is 16.3 Å². The van der Waals surface area contributed by atoms with Gasteiger partial charge in [-0.1, -0.05) is 35.1 Å². The molecule has 5 rings (SSSR count). The second-order valence-electron chi connectivity index (χ2n) is 7.64. The van der Waals surface area contributed by atoms with Crippen molar-refractivity contribution in [3.8, 4) is 5.75 Å². The molecule has 2 aromatic heterocycles. The lowest BCUT2D eigenvalue weighted by Gasteiger charge is -2.22. The van der Waals surface area contributed by atoms with E-state index in [9.17, 15) is 14.4 Å². The Kier molecular flexibility index (Phi) is 5.07. The van der Waals surface area contributed by atoms with Crippen LogP contribution in [0.4, 0.5) is 5.13 Å². The maximum atomic E-state index is 13.6. The first-order chi connectivity index (χ1) is 15.8. The highest BCUT2D eigenvalue weighted by Crippen LogP contribution is 2.43. The number of aryl methyl sites for hydroxylation is 1. The molecule has 0 bridgehead atoms. The summed E-state index contributed by atoms with van der Waals surface area (Å²) in [5.74, 6) is -0.135. The number of thiazole rings is 1. The van der Waals surface area contributed by atoms with E-state index in [0.717, 1.165) is 11.3 Å². The smallest absolute Gasteiger partial charge is 0.297 e. The van der Waals surface area contributed by atoms with Crippen LogP contribution in [-0.2, 0) is 0 Å². The third kappa shape index (κ3) is 3.34. The Hall–Kier alpha value is -3.49. The summed E-state index contributed by atoms with van der Waals surface area (Å²) in [6.07, 6.45) is 0. The van der Waals surface area contributed by atoms with Crippen LogP contribution in [0.25, 0.3) is 11.0 Å². The third-order valence-electron chi connectivity index (χ3n) is 5.55. The van der Waals surface area contributed by atoms with Crippen molar-refractivity contribution in [1.29, 1.82) is 0 Å². The summed E-state index contributed by atoms with van der Waals surface area (Å²) in [5, 5.41) is 0.974. The molecule has 33 heavy (non-hydrogen) atoms. The highest BCUT2D eigenvalue weighted by Gasteiger charge is 2.45. The second-order valence-corrected chi connectivity index (χ2v) is 9.05. The van der Waals surface area contributed by atoms with E-state index in [1.54, 1.807) is 43.3 Å². The van der Waals surface area contributed by atoms with Gasteiger partial charge in [-0.25, -0.2) is 4.98 Å². The fraction of sp³-hybridized carbons (Fsp3) is 0.167. The van der Waals surface area contributed by atoms with Crippen LogP contribution in [0.5, 0.6) is 5.75 Å². The maximum Gasteiger partial charge on any atom is 0.297 e. The summed E-state index contributed by atoms with van der Waals surface area (Å²) in [5.41, 5.74) is 1.28. The Morgan fingerprint density at radius 2 is 2.00 bits per heavy atom. The number of carbonyl (C=O) groups is 2. The molecule has 7 nitrogen and oxygen atoms in total. The first-order valence-electron chi connectivity index (χ1n) is 10.0. The second kappa shape index (κ2) is 7.83. The van der Waals surface area contributed by atoms with Gasteiger partial charge in [0, 0.05) is 11.9 Å². The number of ketones is 1. The van der Waals surface area contributed by atoms with E-state index in [1.807, 2.05) is 0 Å². The van der Waals surface area contributed by atoms with Gasteiger partial charge in [0.2, 0.25) is 5.76 Å². The number of amides is 1. The molecule has 0 saturated heterocycles. The van der Waals surface area contributed by atoms with E-state index < -0.39 is 11.9 Å². The first-order valence-corrected chi connectivity index (χ1v) is 11.2. The van der Waals surface area contributed by atoms with Crippen LogP contribution in [0.2, 0.25) is 5.02 Å². The van der Waals surface area contributed by atoms with Gasteiger partial charge in [-0.05, 0) is 42.8 Å². The van der Waals surface area contributed by atoms with Crippen molar-refractivity contribution < 1.29 is 18.7 Å². The topological polar surface area (TPSA) is 89.7 Å². The van der Waals surface area contributed by atoms with Gasteiger partial charge in [-0.3, -0.25) is 19.3 Å². The Morgan fingerprint density at radius 1 is 1.21 bits per heavy atom. The molecule has 1 amide bonds. The molecule has 1 aliphatic heterocycles. The van der Waals surface area contributed by atoms with Crippen LogP contribution in [0, 0.1) is 6.92 Å². The fourth-order valence-electron chi connectivity index (χ4n) is 4.08. The van der Waals surface area contributed by atoms with Crippen LogP contribution >= 0.6 is 22.9 Å². The van der Waals surface area contributed by atoms with E-state index in [1.165, 1.54) is 25.0 Å². The predicted octanol–water partition coefficient (Wildman–Crippen LogP) is 5.17. The summed E-state index contributed by atoms with van der Waals surface area (Å²) in [6.45, 7) is 3.16. The SMILES string of the molecule is COc1cccc(C2c3c(oc4ccc(Cl)cc4c3=O)C(=O)N2c2nc(C)c(C(C)=O)s2)c1. The number of benzene rings is 2. The minimum Gasteiger partial charge on any atom is -0.497 e. The lowest BCUT2D eigenvalue weighted by atomic mass is 9.98. The Bertz CT molecular complexity index is 1520. The Morgan fingerprint density at radius 3 is 2.70 bits per heavy atom. The minimum atomic E-state index is -0.812.